The SMILES string of the molecule is COCCC(C)N1CC2CCCN2CC1c1ccccc1. The van der Waals surface area contributed by atoms with Crippen molar-refractivity contribution in [2.24, 2.45) is 0 Å². The molecular weight excluding hydrogens is 260 g/mol. The standard InChI is InChI=1S/C18H28N2O/c1-15(10-12-21-2)20-13-17-9-6-11-19(17)14-18(20)16-7-4-3-5-8-16/h3-5,7-8,15,17-18H,6,9-14H2,1-2H3. The zero-order chi connectivity index (χ0) is 14.7. The lowest BCUT2D eigenvalue weighted by atomic mass is 9.97. The average molecular weight is 288 g/mol. The van der Waals surface area contributed by atoms with Crippen LogP contribution in [0.4, 0.5) is 0 Å². The fourth-order valence-corrected chi connectivity index (χ4v) is 3.95. The highest BCUT2D eigenvalue weighted by Crippen LogP contribution is 2.34. The van der Waals surface area contributed by atoms with Gasteiger partial charge in [-0.05, 0) is 38.3 Å². The number of rotatable bonds is 5. The van der Waals surface area contributed by atoms with E-state index in [9.17, 15) is 0 Å². The fraction of sp³-hybridized carbons (Fsp3) is 0.667. The Bertz CT molecular complexity index is 436. The van der Waals surface area contributed by atoms with E-state index in [2.05, 4.69) is 47.1 Å². The molecule has 2 heterocycles. The number of methoxy groups -OCH3 is 1. The molecule has 0 aromatic heterocycles. The van der Waals surface area contributed by atoms with Crippen LogP contribution in [0.15, 0.2) is 30.3 Å². The number of fused-ring (bicyclic) bond motifs is 1. The molecule has 3 unspecified atom stereocenters. The Labute approximate surface area is 128 Å². The molecule has 2 aliphatic rings. The van der Waals surface area contributed by atoms with Crippen LogP contribution in [0.1, 0.15) is 37.8 Å². The normalized spacial score (nSPS) is 28.5. The lowest BCUT2D eigenvalue weighted by Crippen LogP contribution is -2.54. The van der Waals surface area contributed by atoms with Crippen LogP contribution in [0.3, 0.4) is 0 Å². The van der Waals surface area contributed by atoms with Crippen molar-refractivity contribution < 1.29 is 4.74 Å². The number of nitrogens with zero attached hydrogens (tertiary/aromatic N) is 2. The van der Waals surface area contributed by atoms with Gasteiger partial charge in [0.1, 0.15) is 0 Å². The maximum absolute atomic E-state index is 5.29. The molecule has 3 atom stereocenters. The van der Waals surface area contributed by atoms with E-state index in [-0.39, 0.29) is 0 Å². The molecule has 3 heteroatoms. The summed E-state index contributed by atoms with van der Waals surface area (Å²) in [5.74, 6) is 0. The first-order valence-corrected chi connectivity index (χ1v) is 8.33. The van der Waals surface area contributed by atoms with Gasteiger partial charge in [-0.25, -0.2) is 0 Å². The molecule has 2 saturated heterocycles. The van der Waals surface area contributed by atoms with Gasteiger partial charge < -0.3 is 4.74 Å². The van der Waals surface area contributed by atoms with Crippen LogP contribution in [0.5, 0.6) is 0 Å². The van der Waals surface area contributed by atoms with Crippen LogP contribution in [0, 0.1) is 0 Å². The number of piperazine rings is 1. The van der Waals surface area contributed by atoms with E-state index in [1.54, 1.807) is 7.11 Å². The van der Waals surface area contributed by atoms with Crippen LogP contribution in [0.2, 0.25) is 0 Å². The van der Waals surface area contributed by atoms with Gasteiger partial charge in [0.25, 0.3) is 0 Å². The summed E-state index contributed by atoms with van der Waals surface area (Å²) < 4.78 is 5.29. The van der Waals surface area contributed by atoms with Crippen molar-refractivity contribution >= 4 is 0 Å². The molecule has 0 amide bonds. The highest BCUT2D eigenvalue weighted by molar-refractivity contribution is 5.21. The van der Waals surface area contributed by atoms with Gasteiger partial charge in [0, 0.05) is 44.9 Å². The Morgan fingerprint density at radius 3 is 2.81 bits per heavy atom. The maximum Gasteiger partial charge on any atom is 0.0478 e. The van der Waals surface area contributed by atoms with E-state index >= 15 is 0 Å². The second-order valence-electron chi connectivity index (χ2n) is 6.54. The number of hydrogen-bond donors (Lipinski definition) is 0. The van der Waals surface area contributed by atoms with E-state index in [0.717, 1.165) is 19.1 Å². The molecule has 0 aliphatic carbocycles. The molecule has 0 N–H and O–H groups in total. The largest absolute Gasteiger partial charge is 0.385 e. The van der Waals surface area contributed by atoms with E-state index in [0.29, 0.717) is 12.1 Å². The van der Waals surface area contributed by atoms with Crippen LogP contribution in [0.25, 0.3) is 0 Å². The zero-order valence-electron chi connectivity index (χ0n) is 13.4. The Balaban J connectivity index is 1.78. The lowest BCUT2D eigenvalue weighted by molar-refractivity contribution is 0.0145. The Morgan fingerprint density at radius 2 is 2.05 bits per heavy atom. The first kappa shape index (κ1) is 15.0. The molecule has 1 aromatic rings. The van der Waals surface area contributed by atoms with Gasteiger partial charge in [0.05, 0.1) is 0 Å². The van der Waals surface area contributed by atoms with Crippen LogP contribution in [-0.4, -0.2) is 55.2 Å². The summed E-state index contributed by atoms with van der Waals surface area (Å²) in [4.78, 5) is 5.43. The molecule has 0 spiro atoms. The molecule has 0 bridgehead atoms. The minimum absolute atomic E-state index is 0.535. The minimum atomic E-state index is 0.535. The van der Waals surface area contributed by atoms with Crippen LogP contribution < -0.4 is 0 Å². The van der Waals surface area contributed by atoms with Crippen molar-refractivity contribution in [1.82, 2.24) is 9.80 Å². The molecule has 3 rings (SSSR count). The molecule has 21 heavy (non-hydrogen) atoms. The number of ether oxygens (including phenoxy) is 1. The summed E-state index contributed by atoms with van der Waals surface area (Å²) in [6.45, 7) is 6.90. The Morgan fingerprint density at radius 1 is 1.24 bits per heavy atom. The zero-order valence-corrected chi connectivity index (χ0v) is 13.4. The average Bonchev–Trinajstić information content (AvgIpc) is 2.99. The van der Waals surface area contributed by atoms with Gasteiger partial charge in [-0.3, -0.25) is 9.80 Å². The summed E-state index contributed by atoms with van der Waals surface area (Å²) in [5.41, 5.74) is 1.46. The predicted octanol–water partition coefficient (Wildman–Crippen LogP) is 2.93. The molecule has 2 fully saturated rings. The fourth-order valence-electron chi connectivity index (χ4n) is 3.95. The van der Waals surface area contributed by atoms with Crippen molar-refractivity contribution in [2.45, 2.75) is 44.3 Å². The highest BCUT2D eigenvalue weighted by atomic mass is 16.5. The third-order valence-corrected chi connectivity index (χ3v) is 5.22. The highest BCUT2D eigenvalue weighted by Gasteiger charge is 2.38. The van der Waals surface area contributed by atoms with E-state index < -0.39 is 0 Å². The minimum Gasteiger partial charge on any atom is -0.385 e. The summed E-state index contributed by atoms with van der Waals surface area (Å²) >= 11 is 0. The Kier molecular flexibility index (Phi) is 4.94. The predicted molar refractivity (Wildman–Crippen MR) is 86.4 cm³/mol. The summed E-state index contributed by atoms with van der Waals surface area (Å²) in [6.07, 6.45) is 3.86. The number of benzene rings is 1. The third-order valence-electron chi connectivity index (χ3n) is 5.22. The summed E-state index contributed by atoms with van der Waals surface area (Å²) in [5, 5.41) is 0. The van der Waals surface area contributed by atoms with Crippen molar-refractivity contribution in [3.8, 4) is 0 Å². The molecule has 3 nitrogen and oxygen atoms in total. The van der Waals surface area contributed by atoms with E-state index in [1.807, 2.05) is 0 Å². The van der Waals surface area contributed by atoms with Gasteiger partial charge in [0.15, 0.2) is 0 Å². The first-order valence-electron chi connectivity index (χ1n) is 8.33. The van der Waals surface area contributed by atoms with Crippen molar-refractivity contribution in [3.05, 3.63) is 35.9 Å². The quantitative estimate of drug-likeness (QED) is 0.828. The molecular formula is C18H28N2O. The van der Waals surface area contributed by atoms with E-state index in [4.69, 9.17) is 4.74 Å². The van der Waals surface area contributed by atoms with Gasteiger partial charge in [-0.2, -0.15) is 0 Å². The monoisotopic (exact) mass is 288 g/mol. The van der Waals surface area contributed by atoms with Gasteiger partial charge >= 0.3 is 0 Å². The van der Waals surface area contributed by atoms with Crippen molar-refractivity contribution in [2.75, 3.05) is 33.4 Å². The van der Waals surface area contributed by atoms with Crippen molar-refractivity contribution in [1.29, 1.82) is 0 Å². The smallest absolute Gasteiger partial charge is 0.0478 e. The van der Waals surface area contributed by atoms with Gasteiger partial charge in [-0.1, -0.05) is 30.3 Å². The van der Waals surface area contributed by atoms with Crippen molar-refractivity contribution in [3.63, 3.8) is 0 Å². The summed E-state index contributed by atoms with van der Waals surface area (Å²) in [7, 11) is 1.80. The first-order chi connectivity index (χ1) is 10.3. The maximum atomic E-state index is 5.29. The molecule has 116 valence electrons. The van der Waals surface area contributed by atoms with E-state index in [1.165, 1.54) is 38.0 Å². The topological polar surface area (TPSA) is 15.7 Å². The molecule has 0 radical (unpaired) electrons. The molecule has 0 saturated carbocycles. The Hall–Kier alpha value is -0.900. The second kappa shape index (κ2) is 6.91. The molecule has 1 aromatic carbocycles. The lowest BCUT2D eigenvalue weighted by Gasteiger charge is -2.46. The van der Waals surface area contributed by atoms with Gasteiger partial charge in [0.2, 0.25) is 0 Å². The van der Waals surface area contributed by atoms with Gasteiger partial charge in [-0.15, -0.1) is 0 Å². The van der Waals surface area contributed by atoms with Crippen LogP contribution in [-0.2, 0) is 4.74 Å². The second-order valence-corrected chi connectivity index (χ2v) is 6.54. The van der Waals surface area contributed by atoms with Crippen LogP contribution >= 0.6 is 0 Å². The summed E-state index contributed by atoms with van der Waals surface area (Å²) in [6, 6.07) is 12.9. The third kappa shape index (κ3) is 3.31. The molecule has 2 aliphatic heterocycles. The number of hydrogen-bond acceptors (Lipinski definition) is 3.